The van der Waals surface area contributed by atoms with Crippen molar-refractivity contribution in [3.63, 3.8) is 0 Å². The summed E-state index contributed by atoms with van der Waals surface area (Å²) in [5.41, 5.74) is 3.45. The number of ether oxygens (including phenoxy) is 1. The number of amides is 1. The van der Waals surface area contributed by atoms with Crippen LogP contribution in [0.2, 0.25) is 5.02 Å². The minimum Gasteiger partial charge on any atom is -0.430 e. The number of nitrogens with one attached hydrogen (secondary N) is 1. The van der Waals surface area contributed by atoms with Crippen molar-refractivity contribution < 1.29 is 14.3 Å². The SMILES string of the molecule is CC(=O)OC1N=C(c2ccccc2Cl)c2c(cn(C)c2C)NC1=O. The Hall–Kier alpha value is -2.60. The van der Waals surface area contributed by atoms with Crippen LogP contribution in [0.5, 0.6) is 0 Å². The van der Waals surface area contributed by atoms with Gasteiger partial charge in [-0.2, -0.15) is 0 Å². The number of nitrogens with zero attached hydrogens (tertiary/aromatic N) is 2. The fourth-order valence-electron chi connectivity index (χ4n) is 2.65. The molecule has 24 heavy (non-hydrogen) atoms. The molecule has 0 saturated heterocycles. The third-order valence-corrected chi connectivity index (χ3v) is 4.18. The Balaban J connectivity index is 2.25. The van der Waals surface area contributed by atoms with Gasteiger partial charge >= 0.3 is 5.97 Å². The predicted molar refractivity (Wildman–Crippen MR) is 91.4 cm³/mol. The topological polar surface area (TPSA) is 72.7 Å². The molecule has 1 aliphatic heterocycles. The number of halogens is 1. The van der Waals surface area contributed by atoms with E-state index in [-0.39, 0.29) is 0 Å². The van der Waals surface area contributed by atoms with Crippen molar-refractivity contribution in [2.75, 3.05) is 5.32 Å². The van der Waals surface area contributed by atoms with Gasteiger partial charge in [0.1, 0.15) is 0 Å². The predicted octanol–water partition coefficient (Wildman–Crippen LogP) is 2.67. The van der Waals surface area contributed by atoms with Gasteiger partial charge in [0.2, 0.25) is 0 Å². The zero-order chi connectivity index (χ0) is 17.4. The maximum atomic E-state index is 12.4. The number of rotatable bonds is 2. The highest BCUT2D eigenvalue weighted by atomic mass is 35.5. The highest BCUT2D eigenvalue weighted by molar-refractivity contribution is 6.36. The third kappa shape index (κ3) is 2.80. The second kappa shape index (κ2) is 6.13. The molecule has 1 aromatic heterocycles. The first kappa shape index (κ1) is 16.3. The smallest absolute Gasteiger partial charge is 0.305 e. The third-order valence-electron chi connectivity index (χ3n) is 3.85. The van der Waals surface area contributed by atoms with Crippen LogP contribution in [0, 0.1) is 6.92 Å². The number of anilines is 1. The molecule has 0 aliphatic carbocycles. The molecule has 124 valence electrons. The van der Waals surface area contributed by atoms with Crippen LogP contribution in [0.25, 0.3) is 0 Å². The van der Waals surface area contributed by atoms with Gasteiger partial charge < -0.3 is 14.6 Å². The average Bonchev–Trinajstić information content (AvgIpc) is 2.71. The quantitative estimate of drug-likeness (QED) is 0.850. The van der Waals surface area contributed by atoms with E-state index in [1.807, 2.05) is 36.7 Å². The minimum atomic E-state index is -1.26. The Labute approximate surface area is 144 Å². The maximum Gasteiger partial charge on any atom is 0.305 e. The van der Waals surface area contributed by atoms with Crippen LogP contribution < -0.4 is 5.32 Å². The molecule has 2 heterocycles. The summed E-state index contributed by atoms with van der Waals surface area (Å²) in [5.74, 6) is -1.08. The molecule has 0 radical (unpaired) electrons. The molecule has 2 aromatic rings. The molecule has 0 fully saturated rings. The largest absolute Gasteiger partial charge is 0.430 e. The Morgan fingerprint density at radius 3 is 2.75 bits per heavy atom. The minimum absolute atomic E-state index is 0.501. The lowest BCUT2D eigenvalue weighted by atomic mass is 10.0. The van der Waals surface area contributed by atoms with Crippen molar-refractivity contribution in [3.05, 3.63) is 52.3 Å². The zero-order valence-corrected chi connectivity index (χ0v) is 14.2. The highest BCUT2D eigenvalue weighted by Gasteiger charge is 2.30. The molecule has 0 saturated carbocycles. The van der Waals surface area contributed by atoms with E-state index in [0.717, 1.165) is 11.3 Å². The summed E-state index contributed by atoms with van der Waals surface area (Å²) in [6.45, 7) is 3.16. The van der Waals surface area contributed by atoms with Gasteiger partial charge in [-0.3, -0.25) is 9.59 Å². The van der Waals surface area contributed by atoms with E-state index < -0.39 is 18.1 Å². The Morgan fingerprint density at radius 1 is 1.38 bits per heavy atom. The molecule has 1 N–H and O–H groups in total. The van der Waals surface area contributed by atoms with Crippen molar-refractivity contribution >= 4 is 34.9 Å². The average molecular weight is 346 g/mol. The summed E-state index contributed by atoms with van der Waals surface area (Å²) in [5, 5.41) is 3.27. The van der Waals surface area contributed by atoms with E-state index in [2.05, 4.69) is 10.3 Å². The number of aryl methyl sites for hydroxylation is 1. The Morgan fingerprint density at radius 2 is 2.08 bits per heavy atom. The van der Waals surface area contributed by atoms with Crippen LogP contribution in [0.1, 0.15) is 23.7 Å². The molecule has 1 aliphatic rings. The van der Waals surface area contributed by atoms with Crippen molar-refractivity contribution in [1.29, 1.82) is 0 Å². The monoisotopic (exact) mass is 345 g/mol. The van der Waals surface area contributed by atoms with Crippen molar-refractivity contribution in [1.82, 2.24) is 4.57 Å². The Bertz CT molecular complexity index is 870. The summed E-state index contributed by atoms with van der Waals surface area (Å²) in [4.78, 5) is 28.1. The van der Waals surface area contributed by atoms with Gasteiger partial charge in [-0.15, -0.1) is 0 Å². The van der Waals surface area contributed by atoms with E-state index in [4.69, 9.17) is 16.3 Å². The molecule has 0 spiro atoms. The zero-order valence-electron chi connectivity index (χ0n) is 13.5. The summed E-state index contributed by atoms with van der Waals surface area (Å²) in [6.07, 6.45) is 0.538. The first-order valence-corrected chi connectivity index (χ1v) is 7.73. The van der Waals surface area contributed by atoms with Gasteiger partial charge in [0.25, 0.3) is 12.1 Å². The number of hydrogen-bond acceptors (Lipinski definition) is 4. The lowest BCUT2D eigenvalue weighted by Crippen LogP contribution is -2.29. The van der Waals surface area contributed by atoms with E-state index in [1.54, 1.807) is 12.3 Å². The lowest BCUT2D eigenvalue weighted by Gasteiger charge is -2.12. The fraction of sp³-hybridized carbons (Fsp3) is 0.235. The number of carbonyl (C=O) groups excluding carboxylic acids is 2. The van der Waals surface area contributed by atoms with Crippen LogP contribution in [-0.2, 0) is 21.4 Å². The summed E-state index contributed by atoms with van der Waals surface area (Å²) in [7, 11) is 1.88. The van der Waals surface area contributed by atoms with Crippen LogP contribution in [0.3, 0.4) is 0 Å². The van der Waals surface area contributed by atoms with Gasteiger partial charge in [-0.05, 0) is 13.0 Å². The summed E-state index contributed by atoms with van der Waals surface area (Å²) < 4.78 is 6.95. The molecule has 1 atom stereocenters. The number of aliphatic imine (C=N–C) groups is 1. The molecule has 7 heteroatoms. The number of fused-ring (bicyclic) bond motifs is 1. The first-order valence-electron chi connectivity index (χ1n) is 7.35. The second-order valence-electron chi connectivity index (χ2n) is 5.52. The van der Waals surface area contributed by atoms with Crippen LogP contribution in [0.4, 0.5) is 5.69 Å². The molecular weight excluding hydrogens is 330 g/mol. The molecule has 6 nitrogen and oxygen atoms in total. The number of carbonyl (C=O) groups is 2. The van der Waals surface area contributed by atoms with E-state index in [1.165, 1.54) is 6.92 Å². The van der Waals surface area contributed by atoms with Gasteiger partial charge in [-0.25, -0.2) is 4.99 Å². The van der Waals surface area contributed by atoms with Gasteiger partial charge in [0, 0.05) is 42.0 Å². The molecular formula is C17H16ClN3O3. The van der Waals surface area contributed by atoms with Crippen LogP contribution in [-0.4, -0.2) is 28.4 Å². The maximum absolute atomic E-state index is 12.4. The molecule has 1 amide bonds. The molecule has 1 unspecified atom stereocenters. The molecule has 0 bridgehead atoms. The lowest BCUT2D eigenvalue weighted by molar-refractivity contribution is -0.151. The fourth-order valence-corrected chi connectivity index (χ4v) is 2.87. The van der Waals surface area contributed by atoms with E-state index >= 15 is 0 Å². The van der Waals surface area contributed by atoms with Crippen molar-refractivity contribution in [3.8, 4) is 0 Å². The van der Waals surface area contributed by atoms with Crippen LogP contribution >= 0.6 is 11.6 Å². The van der Waals surface area contributed by atoms with Gasteiger partial charge in [0.05, 0.1) is 11.4 Å². The summed E-state index contributed by atoms with van der Waals surface area (Å²) >= 11 is 6.33. The van der Waals surface area contributed by atoms with E-state index in [9.17, 15) is 9.59 Å². The van der Waals surface area contributed by atoms with Gasteiger partial charge in [-0.1, -0.05) is 29.8 Å². The van der Waals surface area contributed by atoms with Crippen LogP contribution in [0.15, 0.2) is 35.5 Å². The second-order valence-corrected chi connectivity index (χ2v) is 5.93. The number of benzene rings is 1. The van der Waals surface area contributed by atoms with Crippen molar-refractivity contribution in [2.24, 2.45) is 12.0 Å². The number of hydrogen-bond donors (Lipinski definition) is 1. The highest BCUT2D eigenvalue weighted by Crippen LogP contribution is 2.31. The standard InChI is InChI=1S/C17H16ClN3O3/c1-9-14-13(8-21(9)3)19-16(23)17(24-10(2)22)20-15(14)11-6-4-5-7-12(11)18/h4-8,17H,1-3H3,(H,19,23). The van der Waals surface area contributed by atoms with E-state index in [0.29, 0.717) is 22.0 Å². The Kier molecular flexibility index (Phi) is 4.15. The molecule has 1 aromatic carbocycles. The molecule has 3 rings (SSSR count). The number of aromatic nitrogens is 1. The first-order chi connectivity index (χ1) is 11.4. The normalized spacial score (nSPS) is 16.8. The van der Waals surface area contributed by atoms with Crippen molar-refractivity contribution in [2.45, 2.75) is 20.1 Å². The number of esters is 1. The van der Waals surface area contributed by atoms with Gasteiger partial charge in [0.15, 0.2) is 0 Å². The summed E-state index contributed by atoms with van der Waals surface area (Å²) in [6, 6.07) is 7.22.